The van der Waals surface area contributed by atoms with E-state index in [0.29, 0.717) is 18.1 Å². The fraction of sp³-hybridized carbons (Fsp3) is 0.400. The van der Waals surface area contributed by atoms with Crippen molar-refractivity contribution in [3.05, 3.63) is 18.1 Å². The highest BCUT2D eigenvalue weighted by Crippen LogP contribution is 2.09. The number of aromatic nitrogens is 2. The van der Waals surface area contributed by atoms with Crippen LogP contribution in [0.3, 0.4) is 0 Å². The maximum absolute atomic E-state index is 11.5. The molecule has 1 aromatic rings. The van der Waals surface area contributed by atoms with E-state index in [2.05, 4.69) is 20.6 Å². The Morgan fingerprint density at radius 2 is 2.18 bits per heavy atom. The molecule has 1 rings (SSSR count). The summed E-state index contributed by atoms with van der Waals surface area (Å²) < 4.78 is 0. The zero-order chi connectivity index (χ0) is 12.8. The monoisotopic (exact) mass is 253 g/mol. The van der Waals surface area contributed by atoms with E-state index in [4.69, 9.17) is 18.0 Å². The number of nitrogens with zero attached hydrogens (tertiary/aromatic N) is 2. The molecule has 6 nitrogen and oxygen atoms in total. The molecule has 0 saturated heterocycles. The molecule has 0 fully saturated rings. The molecule has 0 aromatic carbocycles. The van der Waals surface area contributed by atoms with Crippen molar-refractivity contribution < 1.29 is 4.79 Å². The van der Waals surface area contributed by atoms with Crippen molar-refractivity contribution in [2.24, 2.45) is 5.73 Å². The number of nitrogens with one attached hydrogen (secondary N) is 2. The van der Waals surface area contributed by atoms with Gasteiger partial charge in [-0.2, -0.15) is 0 Å². The number of nitrogens with two attached hydrogens (primary N) is 1. The first-order valence-electron chi connectivity index (χ1n) is 5.21. The van der Waals surface area contributed by atoms with Crippen LogP contribution in [0.15, 0.2) is 12.4 Å². The minimum absolute atomic E-state index is 0.118. The highest BCUT2D eigenvalue weighted by molar-refractivity contribution is 7.80. The fourth-order valence-electron chi connectivity index (χ4n) is 1.22. The summed E-state index contributed by atoms with van der Waals surface area (Å²) >= 11 is 4.85. The standard InChI is InChI=1S/C10H15N5OS/c1-3-12-10(16)6(2)15-9-7(8(11)17)13-4-5-14-9/h4-6H,3H2,1-2H3,(H2,11,17)(H,12,16)(H,14,15). The van der Waals surface area contributed by atoms with Gasteiger partial charge in [-0.15, -0.1) is 0 Å². The lowest BCUT2D eigenvalue weighted by Crippen LogP contribution is -2.38. The Morgan fingerprint density at radius 1 is 1.53 bits per heavy atom. The van der Waals surface area contributed by atoms with Gasteiger partial charge in [0.05, 0.1) is 0 Å². The summed E-state index contributed by atoms with van der Waals surface area (Å²) in [6.07, 6.45) is 3.00. The summed E-state index contributed by atoms with van der Waals surface area (Å²) in [6, 6.07) is -0.431. The number of rotatable bonds is 5. The summed E-state index contributed by atoms with van der Waals surface area (Å²) in [6.45, 7) is 4.16. The molecule has 4 N–H and O–H groups in total. The third-order valence-corrected chi connectivity index (χ3v) is 2.22. The quantitative estimate of drug-likeness (QED) is 0.642. The molecule has 0 aliphatic rings. The van der Waals surface area contributed by atoms with Gasteiger partial charge in [0.15, 0.2) is 5.82 Å². The van der Waals surface area contributed by atoms with Crippen LogP contribution in [0.25, 0.3) is 0 Å². The van der Waals surface area contributed by atoms with Crippen molar-refractivity contribution >= 4 is 28.9 Å². The summed E-state index contributed by atoms with van der Waals surface area (Å²) in [5.74, 6) is 0.297. The molecule has 7 heteroatoms. The lowest BCUT2D eigenvalue weighted by Gasteiger charge is -2.15. The van der Waals surface area contributed by atoms with E-state index < -0.39 is 6.04 Å². The minimum atomic E-state index is -0.431. The van der Waals surface area contributed by atoms with Gasteiger partial charge in [-0.05, 0) is 13.8 Å². The van der Waals surface area contributed by atoms with Crippen LogP contribution in [0.1, 0.15) is 19.5 Å². The van der Waals surface area contributed by atoms with Crippen molar-refractivity contribution in [3.63, 3.8) is 0 Å². The second-order valence-corrected chi connectivity index (χ2v) is 3.82. The zero-order valence-electron chi connectivity index (χ0n) is 9.73. The number of hydrogen-bond donors (Lipinski definition) is 3. The third-order valence-electron chi connectivity index (χ3n) is 2.03. The Labute approximate surface area is 105 Å². The van der Waals surface area contributed by atoms with Crippen LogP contribution < -0.4 is 16.4 Å². The lowest BCUT2D eigenvalue weighted by molar-refractivity contribution is -0.121. The topological polar surface area (TPSA) is 92.9 Å². The Balaban J connectivity index is 2.81. The van der Waals surface area contributed by atoms with Crippen molar-refractivity contribution in [2.75, 3.05) is 11.9 Å². The summed E-state index contributed by atoms with van der Waals surface area (Å²) in [5.41, 5.74) is 5.90. The number of likely N-dealkylation sites (N-methyl/N-ethyl adjacent to an activating group) is 1. The molecule has 1 amide bonds. The van der Waals surface area contributed by atoms with Gasteiger partial charge >= 0.3 is 0 Å². The van der Waals surface area contributed by atoms with E-state index in [1.807, 2.05) is 6.92 Å². The number of amides is 1. The Morgan fingerprint density at radius 3 is 2.76 bits per heavy atom. The van der Waals surface area contributed by atoms with Gasteiger partial charge in [0.25, 0.3) is 0 Å². The van der Waals surface area contributed by atoms with Crippen molar-refractivity contribution in [1.29, 1.82) is 0 Å². The molecule has 0 bridgehead atoms. The number of carbonyl (C=O) groups excluding carboxylic acids is 1. The van der Waals surface area contributed by atoms with Crippen molar-refractivity contribution in [2.45, 2.75) is 19.9 Å². The average molecular weight is 253 g/mol. The van der Waals surface area contributed by atoms with Crippen LogP contribution in [0.4, 0.5) is 5.82 Å². The second kappa shape index (κ2) is 6.09. The summed E-state index contributed by atoms with van der Waals surface area (Å²) in [5, 5.41) is 5.62. The minimum Gasteiger partial charge on any atom is -0.388 e. The van der Waals surface area contributed by atoms with Gasteiger partial charge in [-0.1, -0.05) is 12.2 Å². The zero-order valence-corrected chi connectivity index (χ0v) is 10.5. The van der Waals surface area contributed by atoms with Crippen LogP contribution in [0.5, 0.6) is 0 Å². The highest BCUT2D eigenvalue weighted by Gasteiger charge is 2.15. The normalized spacial score (nSPS) is 11.6. The largest absolute Gasteiger partial charge is 0.388 e. The Kier molecular flexibility index (Phi) is 4.77. The molecule has 92 valence electrons. The van der Waals surface area contributed by atoms with Gasteiger partial charge in [-0.3, -0.25) is 4.79 Å². The molecule has 0 saturated carbocycles. The molecule has 0 aliphatic heterocycles. The van der Waals surface area contributed by atoms with Crippen LogP contribution in [-0.2, 0) is 4.79 Å². The van der Waals surface area contributed by atoms with E-state index in [1.54, 1.807) is 6.92 Å². The number of thiocarbonyl (C=S) groups is 1. The predicted octanol–water partition coefficient (Wildman–Crippen LogP) is 0.0473. The number of anilines is 1. The van der Waals surface area contributed by atoms with E-state index in [0.717, 1.165) is 0 Å². The van der Waals surface area contributed by atoms with Gasteiger partial charge < -0.3 is 16.4 Å². The first-order valence-corrected chi connectivity index (χ1v) is 5.62. The summed E-state index contributed by atoms with van der Waals surface area (Å²) in [4.78, 5) is 19.8. The van der Waals surface area contributed by atoms with Crippen molar-refractivity contribution in [3.8, 4) is 0 Å². The molecule has 0 aliphatic carbocycles. The van der Waals surface area contributed by atoms with Crippen LogP contribution in [-0.4, -0.2) is 33.5 Å². The maximum atomic E-state index is 11.5. The molecule has 1 atom stereocenters. The second-order valence-electron chi connectivity index (χ2n) is 3.38. The molecule has 1 heterocycles. The Bertz CT molecular complexity index is 423. The Hall–Kier alpha value is -1.76. The first-order chi connectivity index (χ1) is 8.06. The van der Waals surface area contributed by atoms with E-state index >= 15 is 0 Å². The first kappa shape index (κ1) is 13.3. The van der Waals surface area contributed by atoms with E-state index in [9.17, 15) is 4.79 Å². The van der Waals surface area contributed by atoms with Crippen molar-refractivity contribution in [1.82, 2.24) is 15.3 Å². The number of carbonyl (C=O) groups is 1. The van der Waals surface area contributed by atoms with E-state index in [-0.39, 0.29) is 10.9 Å². The number of hydrogen-bond acceptors (Lipinski definition) is 5. The molecular weight excluding hydrogens is 238 g/mol. The highest BCUT2D eigenvalue weighted by atomic mass is 32.1. The van der Waals surface area contributed by atoms with Gasteiger partial charge in [0, 0.05) is 18.9 Å². The van der Waals surface area contributed by atoms with Crippen LogP contribution >= 0.6 is 12.2 Å². The SMILES string of the molecule is CCNC(=O)C(C)Nc1nccnc1C(N)=S. The predicted molar refractivity (Wildman–Crippen MR) is 69.7 cm³/mol. The molecule has 0 radical (unpaired) electrons. The van der Waals surface area contributed by atoms with Crippen LogP contribution in [0.2, 0.25) is 0 Å². The van der Waals surface area contributed by atoms with Gasteiger partial charge in [0.2, 0.25) is 5.91 Å². The molecule has 17 heavy (non-hydrogen) atoms. The average Bonchev–Trinajstić information content (AvgIpc) is 2.29. The molecule has 0 spiro atoms. The fourth-order valence-corrected chi connectivity index (χ4v) is 1.37. The van der Waals surface area contributed by atoms with Gasteiger partial charge in [0.1, 0.15) is 16.7 Å². The van der Waals surface area contributed by atoms with E-state index in [1.165, 1.54) is 12.4 Å². The summed E-state index contributed by atoms with van der Waals surface area (Å²) in [7, 11) is 0. The van der Waals surface area contributed by atoms with Crippen LogP contribution in [0, 0.1) is 0 Å². The molecule has 1 unspecified atom stereocenters. The maximum Gasteiger partial charge on any atom is 0.242 e. The molecular formula is C10H15N5OS. The van der Waals surface area contributed by atoms with Gasteiger partial charge in [-0.25, -0.2) is 9.97 Å². The smallest absolute Gasteiger partial charge is 0.242 e. The lowest BCUT2D eigenvalue weighted by atomic mass is 10.3. The third kappa shape index (κ3) is 3.63. The molecule has 1 aromatic heterocycles.